The number of nitrogens with zero attached hydrogens (tertiary/aromatic N) is 3. The van der Waals surface area contributed by atoms with Crippen LogP contribution in [0.1, 0.15) is 0 Å². The van der Waals surface area contributed by atoms with Crippen LogP contribution in [0.25, 0.3) is 11.1 Å². The molecule has 0 amide bonds. The van der Waals surface area contributed by atoms with Crippen molar-refractivity contribution in [2.45, 2.75) is 4.90 Å². The lowest BCUT2D eigenvalue weighted by atomic mass is 10.1. The maximum absolute atomic E-state index is 8.64. The highest BCUT2D eigenvalue weighted by Gasteiger charge is 2.00. The lowest BCUT2D eigenvalue weighted by molar-refractivity contribution is 1.34. The van der Waals surface area contributed by atoms with Crippen molar-refractivity contribution in [3.63, 3.8) is 0 Å². The molecule has 4 nitrogen and oxygen atoms in total. The van der Waals surface area contributed by atoms with Gasteiger partial charge in [0.2, 0.25) is 5.71 Å². The summed E-state index contributed by atoms with van der Waals surface area (Å²) < 4.78 is 0. The van der Waals surface area contributed by atoms with Crippen LogP contribution in [0, 0.1) is 22.7 Å². The largest absolute Gasteiger partial charge is 0.276 e. The second-order valence-corrected chi connectivity index (χ2v) is 4.98. The Bertz CT molecular complexity index is 720. The minimum Gasteiger partial charge on any atom is -0.276 e. The number of hydrazone groups is 1. The van der Waals surface area contributed by atoms with Gasteiger partial charge in [0.1, 0.15) is 12.1 Å². The van der Waals surface area contributed by atoms with Gasteiger partial charge < -0.3 is 0 Å². The van der Waals surface area contributed by atoms with Crippen LogP contribution in [0.15, 0.2) is 58.5 Å². The van der Waals surface area contributed by atoms with Gasteiger partial charge in [-0.1, -0.05) is 24.3 Å². The monoisotopic (exact) mass is 292 g/mol. The Morgan fingerprint density at radius 2 is 1.76 bits per heavy atom. The molecule has 0 atom stereocenters. The highest BCUT2D eigenvalue weighted by molar-refractivity contribution is 7.98. The van der Waals surface area contributed by atoms with Gasteiger partial charge in [0.25, 0.3) is 0 Å². The zero-order valence-electron chi connectivity index (χ0n) is 11.4. The molecular weight excluding hydrogens is 280 g/mol. The summed E-state index contributed by atoms with van der Waals surface area (Å²) >= 11 is 1.70. The van der Waals surface area contributed by atoms with Crippen molar-refractivity contribution in [2.75, 3.05) is 11.7 Å². The fraction of sp³-hybridized carbons (Fsp3) is 0.0625. The molecule has 0 aliphatic rings. The lowest BCUT2D eigenvalue weighted by Gasteiger charge is -2.06. The first-order chi connectivity index (χ1) is 10.3. The number of thioether (sulfide) groups is 1. The summed E-state index contributed by atoms with van der Waals surface area (Å²) in [5.41, 5.74) is 5.38. The molecule has 0 unspecified atom stereocenters. The molecule has 0 saturated heterocycles. The van der Waals surface area contributed by atoms with Crippen molar-refractivity contribution in [1.82, 2.24) is 0 Å². The van der Waals surface area contributed by atoms with Gasteiger partial charge in [-0.2, -0.15) is 15.6 Å². The van der Waals surface area contributed by atoms with Gasteiger partial charge in [0.15, 0.2) is 0 Å². The molecule has 1 N–H and O–H groups in total. The molecule has 0 fully saturated rings. The fourth-order valence-electron chi connectivity index (χ4n) is 1.75. The second-order valence-electron chi connectivity index (χ2n) is 4.11. The molecule has 0 radical (unpaired) electrons. The van der Waals surface area contributed by atoms with Crippen LogP contribution < -0.4 is 5.43 Å². The molecule has 2 aromatic carbocycles. The van der Waals surface area contributed by atoms with Crippen LogP contribution >= 0.6 is 11.8 Å². The lowest BCUT2D eigenvalue weighted by Crippen LogP contribution is -1.96. The Hall–Kier alpha value is -2.76. The third-order valence-corrected chi connectivity index (χ3v) is 3.54. The summed E-state index contributed by atoms with van der Waals surface area (Å²) in [6.45, 7) is 0. The molecular formula is C16H12N4S. The van der Waals surface area contributed by atoms with Crippen molar-refractivity contribution >= 4 is 23.2 Å². The van der Waals surface area contributed by atoms with Crippen molar-refractivity contribution in [1.29, 1.82) is 10.5 Å². The van der Waals surface area contributed by atoms with Crippen LogP contribution in [-0.4, -0.2) is 12.0 Å². The van der Waals surface area contributed by atoms with E-state index in [1.54, 1.807) is 23.9 Å². The summed E-state index contributed by atoms with van der Waals surface area (Å²) in [6, 6.07) is 19.3. The van der Waals surface area contributed by atoms with Crippen LogP contribution in [0.2, 0.25) is 0 Å². The van der Waals surface area contributed by atoms with Gasteiger partial charge in [0.05, 0.1) is 5.69 Å². The third kappa shape index (κ3) is 3.85. The topological polar surface area (TPSA) is 72.0 Å². The number of nitriles is 2. The first-order valence-corrected chi connectivity index (χ1v) is 7.37. The molecule has 0 heterocycles. The first-order valence-electron chi connectivity index (χ1n) is 6.15. The van der Waals surface area contributed by atoms with E-state index < -0.39 is 0 Å². The van der Waals surface area contributed by atoms with Crippen molar-refractivity contribution in [3.8, 4) is 23.3 Å². The predicted molar refractivity (Wildman–Crippen MR) is 85.9 cm³/mol. The fourth-order valence-corrected chi connectivity index (χ4v) is 2.16. The minimum atomic E-state index is -0.204. The summed E-state index contributed by atoms with van der Waals surface area (Å²) in [7, 11) is 0. The first kappa shape index (κ1) is 14.6. The Morgan fingerprint density at radius 1 is 1.05 bits per heavy atom. The van der Waals surface area contributed by atoms with Gasteiger partial charge in [-0.25, -0.2) is 0 Å². The number of benzene rings is 2. The zero-order valence-corrected chi connectivity index (χ0v) is 12.2. The number of hydrogen-bond donors (Lipinski definition) is 1. The number of anilines is 1. The Morgan fingerprint density at radius 3 is 2.38 bits per heavy atom. The quantitative estimate of drug-likeness (QED) is 0.527. The zero-order chi connectivity index (χ0) is 15.1. The van der Waals surface area contributed by atoms with Crippen molar-refractivity contribution in [3.05, 3.63) is 48.5 Å². The second kappa shape index (κ2) is 7.14. The van der Waals surface area contributed by atoms with E-state index in [4.69, 9.17) is 10.5 Å². The van der Waals surface area contributed by atoms with E-state index in [1.807, 2.05) is 30.5 Å². The molecule has 0 spiro atoms. The molecule has 0 aliphatic heterocycles. The molecule has 0 bridgehead atoms. The number of nitrogens with one attached hydrogen (secondary N) is 1. The normalized spacial score (nSPS) is 9.29. The average Bonchev–Trinajstić information content (AvgIpc) is 2.56. The van der Waals surface area contributed by atoms with E-state index in [9.17, 15) is 0 Å². The van der Waals surface area contributed by atoms with E-state index in [1.165, 1.54) is 4.90 Å². The van der Waals surface area contributed by atoms with Gasteiger partial charge >= 0.3 is 0 Å². The SMILES string of the molecule is CSc1ccc(-c2cccc(NN=C(C#N)C#N)c2)cc1. The van der Waals surface area contributed by atoms with E-state index in [0.29, 0.717) is 0 Å². The number of rotatable bonds is 4. The molecule has 2 rings (SSSR count). The average molecular weight is 292 g/mol. The maximum Gasteiger partial charge on any atom is 0.237 e. The number of hydrogen-bond acceptors (Lipinski definition) is 5. The third-order valence-electron chi connectivity index (χ3n) is 2.79. The van der Waals surface area contributed by atoms with Crippen LogP contribution in [-0.2, 0) is 0 Å². The molecule has 5 heteroatoms. The van der Waals surface area contributed by atoms with E-state index in [2.05, 4.69) is 34.8 Å². The molecule has 2 aromatic rings. The smallest absolute Gasteiger partial charge is 0.237 e. The van der Waals surface area contributed by atoms with E-state index in [-0.39, 0.29) is 5.71 Å². The molecule has 21 heavy (non-hydrogen) atoms. The summed E-state index contributed by atoms with van der Waals surface area (Å²) in [5, 5.41) is 21.0. The highest BCUT2D eigenvalue weighted by Crippen LogP contribution is 2.25. The van der Waals surface area contributed by atoms with E-state index >= 15 is 0 Å². The molecule has 0 aliphatic carbocycles. The standard InChI is InChI=1S/C16H12N4S/c1-21-16-7-5-12(6-8-16)13-3-2-4-14(9-13)19-20-15(10-17)11-18/h2-9,19H,1H3. The molecule has 102 valence electrons. The Labute approximate surface area is 127 Å². The van der Waals surface area contributed by atoms with E-state index in [0.717, 1.165) is 16.8 Å². The molecule has 0 aromatic heterocycles. The summed E-state index contributed by atoms with van der Waals surface area (Å²) in [6.07, 6.45) is 2.04. The predicted octanol–water partition coefficient (Wildman–Crippen LogP) is 3.89. The van der Waals surface area contributed by atoms with Crippen LogP contribution in [0.4, 0.5) is 5.69 Å². The Balaban J connectivity index is 2.23. The summed E-state index contributed by atoms with van der Waals surface area (Å²) in [5.74, 6) is 0. The minimum absolute atomic E-state index is 0.204. The highest BCUT2D eigenvalue weighted by atomic mass is 32.2. The van der Waals surface area contributed by atoms with Gasteiger partial charge in [-0.05, 0) is 41.6 Å². The van der Waals surface area contributed by atoms with Gasteiger partial charge in [-0.15, -0.1) is 11.8 Å². The van der Waals surface area contributed by atoms with Gasteiger partial charge in [0, 0.05) is 4.90 Å². The maximum atomic E-state index is 8.64. The van der Waals surface area contributed by atoms with Gasteiger partial charge in [-0.3, -0.25) is 5.43 Å². The Kier molecular flexibility index (Phi) is 4.98. The molecule has 0 saturated carbocycles. The van der Waals surface area contributed by atoms with Crippen LogP contribution in [0.3, 0.4) is 0 Å². The summed E-state index contributed by atoms with van der Waals surface area (Å²) in [4.78, 5) is 1.21. The van der Waals surface area contributed by atoms with Crippen LogP contribution in [0.5, 0.6) is 0 Å². The van der Waals surface area contributed by atoms with Crippen molar-refractivity contribution in [2.24, 2.45) is 5.10 Å². The van der Waals surface area contributed by atoms with Crippen molar-refractivity contribution < 1.29 is 0 Å².